The van der Waals surface area contributed by atoms with Crippen LogP contribution in [0.1, 0.15) is 17.7 Å². The van der Waals surface area contributed by atoms with Gasteiger partial charge in [0.2, 0.25) is 11.8 Å². The van der Waals surface area contributed by atoms with Crippen LogP contribution in [-0.2, 0) is 16.1 Å². The summed E-state index contributed by atoms with van der Waals surface area (Å²) >= 11 is 1.67. The Morgan fingerprint density at radius 1 is 1.40 bits per heavy atom. The second-order valence-electron chi connectivity index (χ2n) is 6.60. The summed E-state index contributed by atoms with van der Waals surface area (Å²) in [4.78, 5) is 35.4. The van der Waals surface area contributed by atoms with Crippen LogP contribution < -0.4 is 5.32 Å². The average Bonchev–Trinajstić information content (AvgIpc) is 3.29. The van der Waals surface area contributed by atoms with Gasteiger partial charge in [-0.2, -0.15) is 0 Å². The van der Waals surface area contributed by atoms with Crippen molar-refractivity contribution in [1.82, 2.24) is 20.0 Å². The summed E-state index contributed by atoms with van der Waals surface area (Å²) in [7, 11) is 3.43. The molecule has 0 spiro atoms. The highest BCUT2D eigenvalue weighted by Gasteiger charge is 2.36. The van der Waals surface area contributed by atoms with Gasteiger partial charge in [-0.1, -0.05) is 6.07 Å². The van der Waals surface area contributed by atoms with Crippen LogP contribution in [-0.4, -0.2) is 78.8 Å². The molecule has 8 heteroatoms. The van der Waals surface area contributed by atoms with E-state index >= 15 is 0 Å². The van der Waals surface area contributed by atoms with Crippen LogP contribution in [0.25, 0.3) is 0 Å². The minimum atomic E-state index is -0.0571. The molecular weight excluding hydrogens is 338 g/mol. The molecule has 1 N–H and O–H groups in total. The monoisotopic (exact) mass is 363 g/mol. The lowest BCUT2D eigenvalue weighted by molar-refractivity contribution is -0.135. The van der Waals surface area contributed by atoms with Gasteiger partial charge in [-0.15, -0.1) is 11.3 Å². The smallest absolute Gasteiger partial charge is 0.243 e. The molecule has 2 heterocycles. The fraction of sp³-hybridized carbons (Fsp3) is 0.588. The maximum Gasteiger partial charge on any atom is 0.243 e. The van der Waals surface area contributed by atoms with E-state index < -0.39 is 0 Å². The van der Waals surface area contributed by atoms with Gasteiger partial charge in [-0.05, 0) is 24.3 Å². The van der Waals surface area contributed by atoms with Gasteiger partial charge >= 0.3 is 0 Å². The molecule has 1 saturated carbocycles. The highest BCUT2D eigenvalue weighted by Crippen LogP contribution is 2.28. The third kappa shape index (κ3) is 4.72. The van der Waals surface area contributed by atoms with Crippen LogP contribution in [0.5, 0.6) is 0 Å². The molecule has 0 unspecified atom stereocenters. The maximum atomic E-state index is 12.4. The van der Waals surface area contributed by atoms with Crippen molar-refractivity contribution in [3.05, 3.63) is 22.4 Å². The number of aliphatic imine (C=N–C) groups is 1. The molecule has 1 aliphatic carbocycles. The van der Waals surface area contributed by atoms with Crippen LogP contribution in [0.3, 0.4) is 0 Å². The molecule has 0 atom stereocenters. The third-order valence-corrected chi connectivity index (χ3v) is 5.28. The van der Waals surface area contributed by atoms with Crippen molar-refractivity contribution < 1.29 is 9.59 Å². The van der Waals surface area contributed by atoms with Gasteiger partial charge in [0.1, 0.15) is 6.54 Å². The lowest BCUT2D eigenvalue weighted by Crippen LogP contribution is -2.55. The predicted molar refractivity (Wildman–Crippen MR) is 98.5 cm³/mol. The highest BCUT2D eigenvalue weighted by atomic mass is 32.1. The normalized spacial score (nSPS) is 18.5. The second-order valence-corrected chi connectivity index (χ2v) is 7.63. The number of likely N-dealkylation sites (N-methyl/N-ethyl adjacent to an activating group) is 1. The zero-order valence-electron chi connectivity index (χ0n) is 14.8. The number of nitrogens with zero attached hydrogens (tertiary/aromatic N) is 4. The van der Waals surface area contributed by atoms with E-state index in [1.165, 1.54) is 9.78 Å². The number of thiophene rings is 1. The molecular formula is C17H25N5O2S. The fourth-order valence-corrected chi connectivity index (χ4v) is 3.42. The molecule has 7 nitrogen and oxygen atoms in total. The van der Waals surface area contributed by atoms with Gasteiger partial charge < -0.3 is 20.0 Å². The Labute approximate surface area is 152 Å². The Morgan fingerprint density at radius 2 is 2.20 bits per heavy atom. The van der Waals surface area contributed by atoms with Crippen LogP contribution in [0.2, 0.25) is 0 Å². The molecule has 0 radical (unpaired) electrons. The molecule has 2 amide bonds. The van der Waals surface area contributed by atoms with Crippen molar-refractivity contribution in [3.8, 4) is 0 Å². The molecule has 2 fully saturated rings. The Kier molecular flexibility index (Phi) is 5.57. The van der Waals surface area contributed by atoms with Crippen LogP contribution in [0.4, 0.5) is 0 Å². The molecule has 2 aliphatic rings. The zero-order valence-corrected chi connectivity index (χ0v) is 15.6. The quantitative estimate of drug-likeness (QED) is 0.614. The molecule has 3 rings (SSSR count). The summed E-state index contributed by atoms with van der Waals surface area (Å²) in [5, 5.41) is 5.34. The molecule has 1 aliphatic heterocycles. The van der Waals surface area contributed by atoms with E-state index in [1.807, 2.05) is 21.2 Å². The van der Waals surface area contributed by atoms with Crippen molar-refractivity contribution in [1.29, 1.82) is 0 Å². The molecule has 0 aromatic carbocycles. The van der Waals surface area contributed by atoms with E-state index in [9.17, 15) is 9.59 Å². The van der Waals surface area contributed by atoms with Gasteiger partial charge in [0.15, 0.2) is 5.96 Å². The number of rotatable bonds is 5. The Balaban J connectivity index is 1.65. The van der Waals surface area contributed by atoms with Gasteiger partial charge in [0.05, 0.1) is 13.1 Å². The van der Waals surface area contributed by atoms with Crippen molar-refractivity contribution in [2.45, 2.75) is 25.4 Å². The fourth-order valence-electron chi connectivity index (χ4n) is 2.77. The summed E-state index contributed by atoms with van der Waals surface area (Å²) in [5.41, 5.74) is 0. The van der Waals surface area contributed by atoms with Crippen molar-refractivity contribution in [3.63, 3.8) is 0 Å². The number of hydrogen-bond acceptors (Lipinski definition) is 4. The van der Waals surface area contributed by atoms with E-state index in [4.69, 9.17) is 0 Å². The van der Waals surface area contributed by atoms with Gasteiger partial charge in [0.25, 0.3) is 0 Å². The molecule has 1 saturated heterocycles. The number of guanidine groups is 1. The Hall–Kier alpha value is -2.09. The molecule has 1 aromatic rings. The minimum absolute atomic E-state index is 0.0571. The summed E-state index contributed by atoms with van der Waals surface area (Å²) in [6.07, 6.45) is 2.25. The van der Waals surface area contributed by atoms with Gasteiger partial charge in [0, 0.05) is 38.1 Å². The SMILES string of the molecule is CN(C)C(=O)CN=C(NCc1cccs1)N1CCN(C2CC2)C(=O)C1. The van der Waals surface area contributed by atoms with Crippen LogP contribution >= 0.6 is 11.3 Å². The minimum Gasteiger partial charge on any atom is -0.351 e. The molecule has 0 bridgehead atoms. The predicted octanol–water partition coefficient (Wildman–Crippen LogP) is 0.588. The molecule has 136 valence electrons. The standard InChI is InChI=1S/C17H25N5O2S/c1-20(2)15(23)11-19-17(18-10-14-4-3-9-25-14)21-7-8-22(13-5-6-13)16(24)12-21/h3-4,9,13H,5-8,10-12H2,1-2H3,(H,18,19). The van der Waals surface area contributed by atoms with E-state index in [0.717, 1.165) is 25.9 Å². The highest BCUT2D eigenvalue weighted by molar-refractivity contribution is 7.09. The number of amides is 2. The first-order valence-corrected chi connectivity index (χ1v) is 9.48. The first-order chi connectivity index (χ1) is 12.0. The van der Waals surface area contributed by atoms with Crippen LogP contribution in [0, 0.1) is 0 Å². The maximum absolute atomic E-state index is 12.4. The van der Waals surface area contributed by atoms with Crippen molar-refractivity contribution in [2.75, 3.05) is 40.3 Å². The average molecular weight is 363 g/mol. The number of piperazine rings is 1. The van der Waals surface area contributed by atoms with Crippen LogP contribution in [0.15, 0.2) is 22.5 Å². The van der Waals surface area contributed by atoms with E-state index in [1.54, 1.807) is 25.4 Å². The lowest BCUT2D eigenvalue weighted by atomic mass is 10.3. The van der Waals surface area contributed by atoms with Crippen molar-refractivity contribution >= 4 is 29.1 Å². The lowest BCUT2D eigenvalue weighted by Gasteiger charge is -2.36. The Bertz CT molecular complexity index is 639. The van der Waals surface area contributed by atoms with E-state index in [2.05, 4.69) is 16.4 Å². The van der Waals surface area contributed by atoms with Gasteiger partial charge in [-0.25, -0.2) is 4.99 Å². The summed E-state index contributed by atoms with van der Waals surface area (Å²) < 4.78 is 0. The largest absolute Gasteiger partial charge is 0.351 e. The van der Waals surface area contributed by atoms with Gasteiger partial charge in [-0.3, -0.25) is 9.59 Å². The number of carbonyl (C=O) groups excluding carboxylic acids is 2. The molecule has 25 heavy (non-hydrogen) atoms. The first-order valence-electron chi connectivity index (χ1n) is 8.60. The number of carbonyl (C=O) groups is 2. The van der Waals surface area contributed by atoms with E-state index in [-0.39, 0.29) is 18.4 Å². The zero-order chi connectivity index (χ0) is 17.8. The number of hydrogen-bond donors (Lipinski definition) is 1. The Morgan fingerprint density at radius 3 is 2.80 bits per heavy atom. The second kappa shape index (κ2) is 7.86. The topological polar surface area (TPSA) is 68.2 Å². The first kappa shape index (κ1) is 17.7. The third-order valence-electron chi connectivity index (χ3n) is 4.41. The van der Waals surface area contributed by atoms with Crippen molar-refractivity contribution in [2.24, 2.45) is 4.99 Å². The summed E-state index contributed by atoms with van der Waals surface area (Å²) in [6.45, 7) is 2.52. The summed E-state index contributed by atoms with van der Waals surface area (Å²) in [5.74, 6) is 0.726. The summed E-state index contributed by atoms with van der Waals surface area (Å²) in [6, 6.07) is 4.51. The number of nitrogens with one attached hydrogen (secondary N) is 1. The molecule has 1 aromatic heterocycles. The van der Waals surface area contributed by atoms with E-state index in [0.29, 0.717) is 25.1 Å².